The van der Waals surface area contributed by atoms with E-state index >= 15 is 0 Å². The van der Waals surface area contributed by atoms with E-state index < -0.39 is 10.8 Å². The maximum absolute atomic E-state index is 11.7. The highest BCUT2D eigenvalue weighted by molar-refractivity contribution is 7.84. The number of nitrogens with zero attached hydrogens (tertiary/aromatic N) is 1. The zero-order valence-electron chi connectivity index (χ0n) is 10.4. The molecule has 2 atom stereocenters. The molecule has 1 aromatic rings. The lowest BCUT2D eigenvalue weighted by molar-refractivity contribution is 0.0971. The van der Waals surface area contributed by atoms with Crippen molar-refractivity contribution >= 4 is 16.6 Å². The summed E-state index contributed by atoms with van der Waals surface area (Å²) >= 11 is 0. The molecule has 0 amide bonds. The summed E-state index contributed by atoms with van der Waals surface area (Å²) in [6.45, 7) is 2.13. The first kappa shape index (κ1) is 12.6. The maximum Gasteiger partial charge on any atom is 0.164 e. The van der Waals surface area contributed by atoms with Gasteiger partial charge in [0.25, 0.3) is 0 Å². The number of hydrogen-bond donors (Lipinski definition) is 0. The van der Waals surface area contributed by atoms with Gasteiger partial charge in [0.2, 0.25) is 0 Å². The normalized spacial score (nSPS) is 18.8. The van der Waals surface area contributed by atoms with Crippen molar-refractivity contribution in [2.45, 2.75) is 38.6 Å². The Morgan fingerprint density at radius 2 is 2.24 bits per heavy atom. The molecule has 2 unspecified atom stereocenters. The van der Waals surface area contributed by atoms with Crippen LogP contribution in [0.1, 0.15) is 48.3 Å². The van der Waals surface area contributed by atoms with Crippen LogP contribution in [-0.2, 0) is 17.2 Å². The van der Waals surface area contributed by atoms with Gasteiger partial charge < -0.3 is 4.57 Å². The predicted molar refractivity (Wildman–Crippen MR) is 70.0 cm³/mol. The van der Waals surface area contributed by atoms with Crippen LogP contribution in [0.2, 0.25) is 0 Å². The molecule has 17 heavy (non-hydrogen) atoms. The summed E-state index contributed by atoms with van der Waals surface area (Å²) in [4.78, 5) is 11.7. The summed E-state index contributed by atoms with van der Waals surface area (Å²) in [5, 5.41) is 0. The lowest BCUT2D eigenvalue weighted by atomic mass is 9.96. The molecular formula is C13H19NO2S. The number of fused-ring (bicyclic) bond motifs is 1. The third kappa shape index (κ3) is 2.68. The molecule has 1 aliphatic rings. The summed E-state index contributed by atoms with van der Waals surface area (Å²) in [6, 6.07) is 2.27. The zero-order valence-corrected chi connectivity index (χ0v) is 11.3. The van der Waals surface area contributed by atoms with Crippen molar-refractivity contribution in [3.05, 3.63) is 23.5 Å². The lowest BCUT2D eigenvalue weighted by Crippen LogP contribution is -2.16. The van der Waals surface area contributed by atoms with E-state index in [9.17, 15) is 9.00 Å². The Kier molecular flexibility index (Phi) is 3.82. The molecule has 4 heteroatoms. The minimum absolute atomic E-state index is 0.274. The minimum Gasteiger partial charge on any atom is -0.348 e. The molecule has 1 aliphatic carbocycles. The van der Waals surface area contributed by atoms with Crippen molar-refractivity contribution in [1.82, 2.24) is 4.57 Å². The molecule has 0 N–H and O–H groups in total. The van der Waals surface area contributed by atoms with Crippen LogP contribution in [0.15, 0.2) is 12.3 Å². The zero-order chi connectivity index (χ0) is 12.4. The van der Waals surface area contributed by atoms with E-state index in [0.29, 0.717) is 12.5 Å². The van der Waals surface area contributed by atoms with Crippen molar-refractivity contribution in [3.63, 3.8) is 0 Å². The fourth-order valence-electron chi connectivity index (χ4n) is 2.44. The average Bonchev–Trinajstić information content (AvgIpc) is 2.71. The van der Waals surface area contributed by atoms with Gasteiger partial charge in [-0.25, -0.2) is 0 Å². The molecule has 1 heterocycles. The molecule has 0 aliphatic heterocycles. The lowest BCUT2D eigenvalue weighted by Gasteiger charge is -2.20. The van der Waals surface area contributed by atoms with Gasteiger partial charge in [0.15, 0.2) is 5.78 Å². The molecule has 0 spiro atoms. The molecule has 0 fully saturated rings. The molecule has 0 bridgehead atoms. The Bertz CT molecular complexity index is 450. The van der Waals surface area contributed by atoms with Gasteiger partial charge in [0, 0.05) is 52.7 Å². The standard InChI is InChI=1S/C13H19NO2S/c1-10(7-9-17(2)16)14-8-6-11-12(14)4-3-5-13(11)15/h6,8,10H,3-5,7,9H2,1-2H3. The Hall–Kier alpha value is -0.900. The fraction of sp³-hybridized carbons (Fsp3) is 0.615. The molecule has 0 radical (unpaired) electrons. The summed E-state index contributed by atoms with van der Waals surface area (Å²) in [6.07, 6.45) is 7.29. The summed E-state index contributed by atoms with van der Waals surface area (Å²) < 4.78 is 13.3. The minimum atomic E-state index is -0.737. The molecule has 94 valence electrons. The number of carbonyl (C=O) groups excluding carboxylic acids is 1. The number of carbonyl (C=O) groups is 1. The van der Waals surface area contributed by atoms with Crippen LogP contribution in [0, 0.1) is 0 Å². The average molecular weight is 253 g/mol. The van der Waals surface area contributed by atoms with E-state index in [0.717, 1.165) is 30.6 Å². The van der Waals surface area contributed by atoms with Crippen molar-refractivity contribution in [3.8, 4) is 0 Å². The largest absolute Gasteiger partial charge is 0.348 e. The van der Waals surface area contributed by atoms with E-state index in [2.05, 4.69) is 11.5 Å². The first-order valence-corrected chi connectivity index (χ1v) is 7.85. The second kappa shape index (κ2) is 5.17. The smallest absolute Gasteiger partial charge is 0.164 e. The maximum atomic E-state index is 11.7. The monoisotopic (exact) mass is 253 g/mol. The Balaban J connectivity index is 2.16. The number of hydrogen-bond acceptors (Lipinski definition) is 2. The highest BCUT2D eigenvalue weighted by atomic mass is 32.2. The fourth-order valence-corrected chi connectivity index (χ4v) is 3.11. The van der Waals surface area contributed by atoms with Crippen LogP contribution < -0.4 is 0 Å². The van der Waals surface area contributed by atoms with Crippen molar-refractivity contribution in [1.29, 1.82) is 0 Å². The predicted octanol–water partition coefficient (Wildman–Crippen LogP) is 2.34. The third-order valence-corrected chi connectivity index (χ3v) is 4.25. The van der Waals surface area contributed by atoms with E-state index in [1.165, 1.54) is 5.69 Å². The SMILES string of the molecule is CC(CCS(C)=O)n1ccc2c1CCCC2=O. The van der Waals surface area contributed by atoms with Gasteiger partial charge in [-0.2, -0.15) is 0 Å². The first-order chi connectivity index (χ1) is 8.09. The number of ketones is 1. The summed E-state index contributed by atoms with van der Waals surface area (Å²) in [7, 11) is -0.737. The number of rotatable bonds is 4. The number of Topliss-reactive ketones (excluding diaryl/α,β-unsaturated/α-hetero) is 1. The van der Waals surface area contributed by atoms with Crippen LogP contribution >= 0.6 is 0 Å². The van der Waals surface area contributed by atoms with Gasteiger partial charge in [-0.05, 0) is 32.3 Å². The highest BCUT2D eigenvalue weighted by Crippen LogP contribution is 2.26. The van der Waals surface area contributed by atoms with Gasteiger partial charge in [-0.3, -0.25) is 9.00 Å². The second-order valence-corrected chi connectivity index (χ2v) is 6.33. The van der Waals surface area contributed by atoms with Crippen LogP contribution in [0.4, 0.5) is 0 Å². The molecular weight excluding hydrogens is 234 g/mol. The Morgan fingerprint density at radius 1 is 1.47 bits per heavy atom. The quantitative estimate of drug-likeness (QED) is 0.826. The van der Waals surface area contributed by atoms with Gasteiger partial charge in [-0.15, -0.1) is 0 Å². The molecule has 0 saturated heterocycles. The van der Waals surface area contributed by atoms with E-state index in [-0.39, 0.29) is 5.78 Å². The van der Waals surface area contributed by atoms with Crippen LogP contribution in [0.25, 0.3) is 0 Å². The molecule has 0 saturated carbocycles. The van der Waals surface area contributed by atoms with Gasteiger partial charge in [-0.1, -0.05) is 0 Å². The molecule has 3 nitrogen and oxygen atoms in total. The van der Waals surface area contributed by atoms with Crippen LogP contribution in [-0.4, -0.2) is 26.6 Å². The summed E-state index contributed by atoms with van der Waals surface area (Å²) in [5.74, 6) is 0.999. The molecule has 2 rings (SSSR count). The summed E-state index contributed by atoms with van der Waals surface area (Å²) in [5.41, 5.74) is 2.08. The van der Waals surface area contributed by atoms with Crippen LogP contribution in [0.5, 0.6) is 0 Å². The van der Waals surface area contributed by atoms with Gasteiger partial charge in [0.1, 0.15) is 0 Å². The Morgan fingerprint density at radius 3 is 2.94 bits per heavy atom. The van der Waals surface area contributed by atoms with E-state index in [4.69, 9.17) is 0 Å². The molecule has 1 aromatic heterocycles. The van der Waals surface area contributed by atoms with E-state index in [1.54, 1.807) is 6.26 Å². The van der Waals surface area contributed by atoms with Crippen molar-refractivity contribution < 1.29 is 9.00 Å². The molecule has 0 aromatic carbocycles. The Labute approximate surface area is 105 Å². The van der Waals surface area contributed by atoms with Gasteiger partial charge in [0.05, 0.1) is 0 Å². The van der Waals surface area contributed by atoms with Crippen LogP contribution in [0.3, 0.4) is 0 Å². The second-order valence-electron chi connectivity index (χ2n) is 4.78. The first-order valence-electron chi connectivity index (χ1n) is 6.12. The topological polar surface area (TPSA) is 39.1 Å². The third-order valence-electron chi connectivity index (χ3n) is 3.44. The van der Waals surface area contributed by atoms with Crippen molar-refractivity contribution in [2.75, 3.05) is 12.0 Å². The van der Waals surface area contributed by atoms with E-state index in [1.807, 2.05) is 12.3 Å². The van der Waals surface area contributed by atoms with Gasteiger partial charge >= 0.3 is 0 Å². The number of aromatic nitrogens is 1. The van der Waals surface area contributed by atoms with Crippen molar-refractivity contribution in [2.24, 2.45) is 0 Å². The highest BCUT2D eigenvalue weighted by Gasteiger charge is 2.22.